The third-order valence-corrected chi connectivity index (χ3v) is 2.03. The van der Waals surface area contributed by atoms with E-state index >= 15 is 0 Å². The summed E-state index contributed by atoms with van der Waals surface area (Å²) in [6.45, 7) is 0. The molecule has 0 N–H and O–H groups in total. The average Bonchev–Trinajstić information content (AvgIpc) is 2.50. The van der Waals surface area contributed by atoms with Gasteiger partial charge in [0.15, 0.2) is 0 Å². The van der Waals surface area contributed by atoms with Crippen molar-refractivity contribution in [2.75, 3.05) is 0 Å². The number of halogens is 1. The van der Waals surface area contributed by atoms with Crippen molar-refractivity contribution in [2.45, 2.75) is 0 Å². The van der Waals surface area contributed by atoms with Gasteiger partial charge in [-0.1, -0.05) is 0 Å². The van der Waals surface area contributed by atoms with Crippen molar-refractivity contribution in [2.24, 2.45) is 0 Å². The molecule has 0 amide bonds. The molecule has 0 radical (unpaired) electrons. The largest absolute Gasteiger partial charge is 0.239 e. The van der Waals surface area contributed by atoms with Crippen LogP contribution in [-0.4, -0.2) is 9.61 Å². The summed E-state index contributed by atoms with van der Waals surface area (Å²) in [6, 6.07) is 5.69. The van der Waals surface area contributed by atoms with Crippen molar-refractivity contribution in [3.05, 3.63) is 34.6 Å². The van der Waals surface area contributed by atoms with E-state index in [-0.39, 0.29) is 0 Å². The molecule has 0 unspecified atom stereocenters. The first-order valence-corrected chi connectivity index (χ1v) is 4.13. The number of hydrogen-bond donors (Lipinski definition) is 0. The molecule has 0 aromatic carbocycles. The number of rotatable bonds is 0. The summed E-state index contributed by atoms with van der Waals surface area (Å²) in [5, 5.41) is 12.8. The van der Waals surface area contributed by atoms with Gasteiger partial charge in [0.2, 0.25) is 0 Å². The van der Waals surface area contributed by atoms with Gasteiger partial charge in [-0.05, 0) is 28.1 Å². The number of nitrogens with zero attached hydrogens (tertiary/aromatic N) is 3. The minimum absolute atomic E-state index is 0.627. The molecule has 0 atom stereocenters. The lowest BCUT2D eigenvalue weighted by Crippen LogP contribution is -1.88. The van der Waals surface area contributed by atoms with E-state index in [2.05, 4.69) is 27.1 Å². The molecular formula is C8H4BrN3. The lowest BCUT2D eigenvalue weighted by Gasteiger charge is -1.96. The molecule has 2 rings (SSSR count). The van der Waals surface area contributed by atoms with E-state index in [1.54, 1.807) is 16.8 Å². The highest BCUT2D eigenvalue weighted by molar-refractivity contribution is 9.10. The predicted molar refractivity (Wildman–Crippen MR) is 47.6 cm³/mol. The maximum absolute atomic E-state index is 8.77. The highest BCUT2D eigenvalue weighted by Gasteiger charge is 2.01. The van der Waals surface area contributed by atoms with E-state index in [0.717, 1.165) is 9.99 Å². The third-order valence-electron chi connectivity index (χ3n) is 1.59. The van der Waals surface area contributed by atoms with Crippen molar-refractivity contribution >= 4 is 21.4 Å². The molecule has 0 aliphatic rings. The minimum atomic E-state index is 0.627. The maximum Gasteiger partial charge on any atom is 0.101 e. The normalized spacial score (nSPS) is 10.0. The molecule has 58 valence electrons. The Morgan fingerprint density at radius 1 is 1.58 bits per heavy atom. The van der Waals surface area contributed by atoms with Crippen LogP contribution >= 0.6 is 15.9 Å². The highest BCUT2D eigenvalue weighted by atomic mass is 79.9. The molecule has 2 aromatic rings. The summed E-state index contributed by atoms with van der Waals surface area (Å²) in [5.41, 5.74) is 1.46. The first-order chi connectivity index (χ1) is 5.81. The van der Waals surface area contributed by atoms with Gasteiger partial charge in [-0.3, -0.25) is 0 Å². The van der Waals surface area contributed by atoms with Gasteiger partial charge < -0.3 is 0 Å². The van der Waals surface area contributed by atoms with Crippen LogP contribution in [0.2, 0.25) is 0 Å². The molecule has 4 heteroatoms. The lowest BCUT2D eigenvalue weighted by atomic mass is 10.2. The van der Waals surface area contributed by atoms with Gasteiger partial charge in [0, 0.05) is 10.7 Å². The molecule has 2 aromatic heterocycles. The maximum atomic E-state index is 8.77. The SMILES string of the molecule is N#Cc1cc(Br)cn2nccc12. The molecule has 0 spiro atoms. The van der Waals surface area contributed by atoms with Crippen LogP contribution < -0.4 is 0 Å². The van der Waals surface area contributed by atoms with Gasteiger partial charge in [-0.15, -0.1) is 0 Å². The molecule has 0 aliphatic carbocycles. The number of hydrogen-bond acceptors (Lipinski definition) is 2. The summed E-state index contributed by atoms with van der Waals surface area (Å²) in [4.78, 5) is 0. The predicted octanol–water partition coefficient (Wildman–Crippen LogP) is 1.97. The van der Waals surface area contributed by atoms with Crippen LogP contribution in [0.25, 0.3) is 5.52 Å². The summed E-state index contributed by atoms with van der Waals surface area (Å²) >= 11 is 3.30. The number of pyridine rings is 1. The summed E-state index contributed by atoms with van der Waals surface area (Å²) in [6.07, 6.45) is 3.48. The minimum Gasteiger partial charge on any atom is -0.239 e. The molecule has 0 saturated carbocycles. The second-order valence-corrected chi connectivity index (χ2v) is 3.26. The van der Waals surface area contributed by atoms with Gasteiger partial charge >= 0.3 is 0 Å². The fourth-order valence-corrected chi connectivity index (χ4v) is 1.51. The number of fused-ring (bicyclic) bond motifs is 1. The van der Waals surface area contributed by atoms with Crippen molar-refractivity contribution in [1.82, 2.24) is 9.61 Å². The van der Waals surface area contributed by atoms with E-state index in [1.807, 2.05) is 12.3 Å². The second kappa shape index (κ2) is 2.61. The average molecular weight is 222 g/mol. The van der Waals surface area contributed by atoms with Gasteiger partial charge in [-0.2, -0.15) is 10.4 Å². The third kappa shape index (κ3) is 0.990. The molecule has 2 heterocycles. The standard InChI is InChI=1S/C8H4BrN3/c9-7-3-6(4-10)8-1-2-11-12(8)5-7/h1-3,5H. The number of nitriles is 1. The molecule has 0 fully saturated rings. The zero-order valence-corrected chi connectivity index (χ0v) is 7.62. The summed E-state index contributed by atoms with van der Waals surface area (Å²) in [7, 11) is 0. The fraction of sp³-hybridized carbons (Fsp3) is 0. The van der Waals surface area contributed by atoms with Crippen LogP contribution in [0.3, 0.4) is 0 Å². The van der Waals surface area contributed by atoms with Gasteiger partial charge in [0.25, 0.3) is 0 Å². The van der Waals surface area contributed by atoms with Crippen molar-refractivity contribution < 1.29 is 0 Å². The Balaban J connectivity index is 2.91. The molecule has 12 heavy (non-hydrogen) atoms. The number of aromatic nitrogens is 2. The van der Waals surface area contributed by atoms with Gasteiger partial charge in [0.1, 0.15) is 6.07 Å². The van der Waals surface area contributed by atoms with E-state index < -0.39 is 0 Å². The van der Waals surface area contributed by atoms with Crippen LogP contribution in [0.1, 0.15) is 5.56 Å². The summed E-state index contributed by atoms with van der Waals surface area (Å²) in [5.74, 6) is 0. The first-order valence-electron chi connectivity index (χ1n) is 3.34. The lowest BCUT2D eigenvalue weighted by molar-refractivity contribution is 0.954. The van der Waals surface area contributed by atoms with Crippen molar-refractivity contribution in [3.63, 3.8) is 0 Å². The monoisotopic (exact) mass is 221 g/mol. The van der Waals surface area contributed by atoms with Crippen molar-refractivity contribution in [1.29, 1.82) is 5.26 Å². The Kier molecular flexibility index (Phi) is 1.59. The smallest absolute Gasteiger partial charge is 0.101 e. The van der Waals surface area contributed by atoms with Gasteiger partial charge in [0.05, 0.1) is 17.3 Å². The van der Waals surface area contributed by atoms with Crippen LogP contribution in [0.4, 0.5) is 0 Å². The van der Waals surface area contributed by atoms with E-state index in [9.17, 15) is 0 Å². The van der Waals surface area contributed by atoms with Crippen molar-refractivity contribution in [3.8, 4) is 6.07 Å². The Bertz CT molecular complexity index is 467. The van der Waals surface area contributed by atoms with Crippen LogP contribution in [0.15, 0.2) is 29.0 Å². The zero-order chi connectivity index (χ0) is 8.55. The first kappa shape index (κ1) is 7.32. The van der Waals surface area contributed by atoms with Crippen LogP contribution in [0, 0.1) is 11.3 Å². The highest BCUT2D eigenvalue weighted by Crippen LogP contribution is 2.16. The molecule has 3 nitrogen and oxygen atoms in total. The molecule has 0 bridgehead atoms. The quantitative estimate of drug-likeness (QED) is 0.683. The Morgan fingerprint density at radius 2 is 2.42 bits per heavy atom. The molecule has 0 saturated heterocycles. The topological polar surface area (TPSA) is 41.1 Å². The Labute approximate surface area is 77.4 Å². The van der Waals surface area contributed by atoms with Crippen LogP contribution in [0.5, 0.6) is 0 Å². The van der Waals surface area contributed by atoms with Gasteiger partial charge in [-0.25, -0.2) is 4.52 Å². The Morgan fingerprint density at radius 3 is 3.17 bits per heavy atom. The van der Waals surface area contributed by atoms with Crippen LogP contribution in [-0.2, 0) is 0 Å². The summed E-state index contributed by atoms with van der Waals surface area (Å²) < 4.78 is 2.53. The Hall–Kier alpha value is -1.34. The zero-order valence-electron chi connectivity index (χ0n) is 6.03. The second-order valence-electron chi connectivity index (χ2n) is 2.34. The fourth-order valence-electron chi connectivity index (χ4n) is 1.09. The van der Waals surface area contributed by atoms with E-state index in [0.29, 0.717) is 5.56 Å². The van der Waals surface area contributed by atoms with E-state index in [4.69, 9.17) is 5.26 Å². The molecule has 0 aliphatic heterocycles. The van der Waals surface area contributed by atoms with E-state index in [1.165, 1.54) is 0 Å². The molecular weight excluding hydrogens is 218 g/mol.